The summed E-state index contributed by atoms with van der Waals surface area (Å²) in [5, 5.41) is 19.6. The molecule has 0 spiro atoms. The van der Waals surface area contributed by atoms with Gasteiger partial charge in [0.1, 0.15) is 30.0 Å². The Morgan fingerprint density at radius 1 is 1.03 bits per heavy atom. The van der Waals surface area contributed by atoms with Crippen molar-refractivity contribution in [3.63, 3.8) is 0 Å². The van der Waals surface area contributed by atoms with Crippen LogP contribution in [0.3, 0.4) is 0 Å². The lowest BCUT2D eigenvalue weighted by Gasteiger charge is -2.31. The van der Waals surface area contributed by atoms with E-state index in [-0.39, 0.29) is 11.3 Å². The first-order valence-corrected chi connectivity index (χ1v) is 12.7. The van der Waals surface area contributed by atoms with Gasteiger partial charge in [0.15, 0.2) is 17.4 Å². The van der Waals surface area contributed by atoms with Gasteiger partial charge in [0.05, 0.1) is 0 Å². The molecule has 5 nitrogen and oxygen atoms in total. The minimum Gasteiger partial charge on any atom is -0.508 e. The lowest BCUT2D eigenvalue weighted by atomic mass is 9.86. The summed E-state index contributed by atoms with van der Waals surface area (Å²) in [5.74, 6) is -0.993. The lowest BCUT2D eigenvalue weighted by Crippen LogP contribution is -2.26. The molecule has 2 aliphatic heterocycles. The Balaban J connectivity index is 1.41. The molecule has 0 amide bonds. The van der Waals surface area contributed by atoms with E-state index >= 15 is 0 Å². The molecule has 3 aromatic rings. The van der Waals surface area contributed by atoms with Crippen LogP contribution in [0.25, 0.3) is 11.1 Å². The molecule has 2 aliphatic rings. The third kappa shape index (κ3) is 5.14. The Morgan fingerprint density at radius 2 is 1.76 bits per heavy atom. The highest BCUT2D eigenvalue weighted by Gasteiger charge is 2.31. The van der Waals surface area contributed by atoms with Crippen LogP contribution < -0.4 is 9.47 Å². The highest BCUT2D eigenvalue weighted by atomic mass is 19.1. The molecule has 1 saturated heterocycles. The van der Waals surface area contributed by atoms with Gasteiger partial charge >= 0.3 is 0 Å². The number of hydrogen-bond donors (Lipinski definition) is 2. The third-order valence-electron chi connectivity index (χ3n) is 7.41. The van der Waals surface area contributed by atoms with Gasteiger partial charge in [-0.2, -0.15) is 0 Å². The molecule has 0 saturated carbocycles. The molecule has 0 aromatic heterocycles. The molecule has 0 radical (unpaired) electrons. The number of hydrogen-bond acceptors (Lipinski definition) is 5. The smallest absolute Gasteiger partial charge is 0.187 e. The number of halogens is 2. The normalized spacial score (nSPS) is 19.6. The van der Waals surface area contributed by atoms with Gasteiger partial charge in [-0.15, -0.1) is 0 Å². The molecule has 1 fully saturated rings. The zero-order valence-corrected chi connectivity index (χ0v) is 21.0. The van der Waals surface area contributed by atoms with Crippen LogP contribution in [0.1, 0.15) is 49.5 Å². The van der Waals surface area contributed by atoms with Crippen molar-refractivity contribution in [1.82, 2.24) is 4.90 Å². The molecular formula is C30H31F2NO4. The maximum absolute atomic E-state index is 14.3. The first kappa shape index (κ1) is 25.1. The molecule has 0 bridgehead atoms. The minimum atomic E-state index is -1.05. The average molecular weight is 508 g/mol. The number of ether oxygens (including phenoxy) is 2. The second-order valence-corrected chi connectivity index (χ2v) is 9.79. The zero-order chi connectivity index (χ0) is 26.1. The van der Waals surface area contributed by atoms with Crippen molar-refractivity contribution < 1.29 is 28.5 Å². The van der Waals surface area contributed by atoms with Gasteiger partial charge in [-0.05, 0) is 85.0 Å². The van der Waals surface area contributed by atoms with Crippen molar-refractivity contribution in [1.29, 1.82) is 0 Å². The van der Waals surface area contributed by atoms with E-state index in [0.717, 1.165) is 49.0 Å². The van der Waals surface area contributed by atoms with E-state index in [1.165, 1.54) is 18.9 Å². The maximum atomic E-state index is 14.3. The summed E-state index contributed by atoms with van der Waals surface area (Å²) in [6.45, 7) is 7.79. The molecule has 37 heavy (non-hydrogen) atoms. The van der Waals surface area contributed by atoms with Gasteiger partial charge in [-0.3, -0.25) is 4.90 Å². The first-order valence-electron chi connectivity index (χ1n) is 12.7. The van der Waals surface area contributed by atoms with Crippen molar-refractivity contribution in [2.45, 2.75) is 32.8 Å². The third-order valence-corrected chi connectivity index (χ3v) is 7.41. The number of phenols is 2. The largest absolute Gasteiger partial charge is 0.508 e. The molecule has 3 aromatic carbocycles. The van der Waals surface area contributed by atoms with Crippen molar-refractivity contribution in [3.8, 4) is 23.0 Å². The SMILES string of the molecule is CC[C@@H]1CCN(CCOc2ccc(C3Oc4ccc(O)cc4C(C)=C3c3cc(F)c(O)c(F)c3)cc2)C1. The van der Waals surface area contributed by atoms with Crippen molar-refractivity contribution >= 4 is 11.1 Å². The number of rotatable bonds is 7. The summed E-state index contributed by atoms with van der Waals surface area (Å²) >= 11 is 0. The fourth-order valence-corrected chi connectivity index (χ4v) is 5.25. The van der Waals surface area contributed by atoms with E-state index < -0.39 is 23.5 Å². The quantitative estimate of drug-likeness (QED) is 0.380. The Labute approximate surface area is 215 Å². The van der Waals surface area contributed by atoms with Crippen molar-refractivity contribution in [2.75, 3.05) is 26.2 Å². The van der Waals surface area contributed by atoms with Crippen LogP contribution in [0.4, 0.5) is 8.78 Å². The predicted octanol–water partition coefficient (Wildman–Crippen LogP) is 6.55. The molecule has 2 atom stereocenters. The molecule has 194 valence electrons. The molecule has 7 heteroatoms. The molecule has 1 unspecified atom stereocenters. The Kier molecular flexibility index (Phi) is 7.07. The molecule has 2 heterocycles. The highest BCUT2D eigenvalue weighted by Crippen LogP contribution is 2.48. The fraction of sp³-hybridized carbons (Fsp3) is 0.333. The molecular weight excluding hydrogens is 476 g/mol. The van der Waals surface area contributed by atoms with Gasteiger partial charge in [-0.25, -0.2) is 8.78 Å². The Bertz CT molecular complexity index is 1300. The highest BCUT2D eigenvalue weighted by molar-refractivity contribution is 5.95. The van der Waals surface area contributed by atoms with Crippen LogP contribution in [0.5, 0.6) is 23.0 Å². The van der Waals surface area contributed by atoms with Gasteiger partial charge in [0, 0.05) is 24.2 Å². The number of aromatic hydroxyl groups is 2. The van der Waals surface area contributed by atoms with E-state index in [1.54, 1.807) is 12.1 Å². The van der Waals surface area contributed by atoms with Crippen LogP contribution in [0.2, 0.25) is 0 Å². The summed E-state index contributed by atoms with van der Waals surface area (Å²) in [6, 6.07) is 14.5. The van der Waals surface area contributed by atoms with E-state index in [4.69, 9.17) is 9.47 Å². The molecule has 5 rings (SSSR count). The number of phenolic OH excluding ortho intramolecular Hbond substituents is 2. The summed E-state index contributed by atoms with van der Waals surface area (Å²) in [6.07, 6.45) is 1.80. The van der Waals surface area contributed by atoms with Crippen LogP contribution in [0.15, 0.2) is 54.6 Å². The second kappa shape index (κ2) is 10.4. The first-order chi connectivity index (χ1) is 17.8. The van der Waals surface area contributed by atoms with Crippen LogP contribution in [0, 0.1) is 17.6 Å². The van der Waals surface area contributed by atoms with Crippen molar-refractivity contribution in [3.05, 3.63) is 82.9 Å². The second-order valence-electron chi connectivity index (χ2n) is 9.79. The van der Waals surface area contributed by atoms with Gasteiger partial charge < -0.3 is 19.7 Å². The summed E-state index contributed by atoms with van der Waals surface area (Å²) < 4.78 is 40.9. The zero-order valence-electron chi connectivity index (χ0n) is 21.0. The standard InChI is InChI=1S/C30H31F2NO4/c1-3-19-10-11-33(17-19)12-13-36-23-7-4-20(5-8-23)30-28(21-14-25(31)29(35)26(32)15-21)18(2)24-16-22(34)6-9-27(24)37-30/h4-9,14-16,19,30,34-35H,3,10-13,17H2,1-2H3/t19-,30?/m1/s1. The van der Waals surface area contributed by atoms with Gasteiger partial charge in [0.2, 0.25) is 0 Å². The number of fused-ring (bicyclic) bond motifs is 1. The Morgan fingerprint density at radius 3 is 2.43 bits per heavy atom. The predicted molar refractivity (Wildman–Crippen MR) is 139 cm³/mol. The fourth-order valence-electron chi connectivity index (χ4n) is 5.25. The monoisotopic (exact) mass is 507 g/mol. The van der Waals surface area contributed by atoms with E-state index in [9.17, 15) is 19.0 Å². The van der Waals surface area contributed by atoms with E-state index in [2.05, 4.69) is 11.8 Å². The average Bonchev–Trinajstić information content (AvgIpc) is 3.36. The van der Waals surface area contributed by atoms with Gasteiger partial charge in [0.25, 0.3) is 0 Å². The van der Waals surface area contributed by atoms with Crippen LogP contribution >= 0.6 is 0 Å². The minimum absolute atomic E-state index is 0.0585. The topological polar surface area (TPSA) is 62.2 Å². The summed E-state index contributed by atoms with van der Waals surface area (Å²) in [7, 11) is 0. The number of nitrogens with zero attached hydrogens (tertiary/aromatic N) is 1. The van der Waals surface area contributed by atoms with E-state index in [1.807, 2.05) is 31.2 Å². The van der Waals surface area contributed by atoms with Crippen LogP contribution in [-0.4, -0.2) is 41.4 Å². The lowest BCUT2D eigenvalue weighted by molar-refractivity contribution is 0.232. The summed E-state index contributed by atoms with van der Waals surface area (Å²) in [4.78, 5) is 2.43. The molecule has 2 N–H and O–H groups in total. The number of allylic oxidation sites excluding steroid dienone is 1. The summed E-state index contributed by atoms with van der Waals surface area (Å²) in [5.41, 5.74) is 2.92. The number of likely N-dealkylation sites (tertiary alicyclic amines) is 1. The van der Waals surface area contributed by atoms with Crippen LogP contribution in [-0.2, 0) is 0 Å². The maximum Gasteiger partial charge on any atom is 0.187 e. The number of benzene rings is 3. The molecule has 0 aliphatic carbocycles. The van der Waals surface area contributed by atoms with E-state index in [0.29, 0.717) is 29.1 Å². The van der Waals surface area contributed by atoms with Gasteiger partial charge in [-0.1, -0.05) is 25.5 Å². The van der Waals surface area contributed by atoms with Crippen molar-refractivity contribution in [2.24, 2.45) is 5.92 Å². The Hall–Kier alpha value is -3.58.